The fourth-order valence-corrected chi connectivity index (χ4v) is 5.94. The number of hydrogen-bond donors (Lipinski definition) is 6. The second-order valence-corrected chi connectivity index (χ2v) is 14.2. The maximum atomic E-state index is 14.1. The van der Waals surface area contributed by atoms with Crippen LogP contribution < -0.4 is 31.9 Å². The van der Waals surface area contributed by atoms with E-state index in [4.69, 9.17) is 0 Å². The number of hydrogen-bond acceptors (Lipinski definition) is 12. The Balaban J connectivity index is 0.000000181. The van der Waals surface area contributed by atoms with Crippen molar-refractivity contribution >= 4 is 69.8 Å². The van der Waals surface area contributed by atoms with E-state index < -0.39 is 0 Å². The third-order valence-corrected chi connectivity index (χ3v) is 8.80. The number of aryl methyl sites for hydroxylation is 5. The summed E-state index contributed by atoms with van der Waals surface area (Å²) in [6.45, 7) is 10.2. The van der Waals surface area contributed by atoms with Crippen molar-refractivity contribution in [1.82, 2.24) is 29.9 Å². The van der Waals surface area contributed by atoms with Crippen LogP contribution in [0.5, 0.6) is 0 Å². The molecule has 0 amide bonds. The van der Waals surface area contributed by atoms with E-state index in [2.05, 4.69) is 68.7 Å². The quantitative estimate of drug-likeness (QED) is 0.0698. The Bertz CT molecular complexity index is 2570. The van der Waals surface area contributed by atoms with E-state index in [9.17, 15) is 4.39 Å². The van der Waals surface area contributed by atoms with Gasteiger partial charge < -0.3 is 31.9 Å². The molecule has 0 fully saturated rings. The average molecular weight is 797 g/mol. The highest BCUT2D eigenvalue weighted by atomic mass is 19.1. The molecule has 0 aliphatic heterocycles. The standard InChI is InChI=1S/C24H24N6.C23H21FN6/c1-16-10-12-19(13-11-16)25-22-28-23(26-20-8-4-6-17(2)14-20)30-24(29-22)27-21-9-5-7-18(3)15-21;1-15-7-5-9-17(13-15)25-21-28-22(26-18-10-6-8-16(2)14-18)30-23(29-21)27-20-12-4-3-11-19(20)24/h4-15H,1-3H3,(H3,25,26,27,28,29,30);3-14H,1-2H3,(H3,25,26,27,28,29,30). The van der Waals surface area contributed by atoms with E-state index in [1.54, 1.807) is 18.2 Å². The number of anilines is 12. The van der Waals surface area contributed by atoms with E-state index in [1.807, 2.05) is 149 Å². The minimum absolute atomic E-state index is 0.223. The molecule has 0 saturated carbocycles. The molecular formula is C47H45FN12. The molecule has 300 valence electrons. The summed E-state index contributed by atoms with van der Waals surface area (Å²) in [5.41, 5.74) is 10.5. The highest BCUT2D eigenvalue weighted by Gasteiger charge is 2.12. The predicted octanol–water partition coefficient (Wildman–Crippen LogP) is 11.9. The van der Waals surface area contributed by atoms with Crippen LogP contribution in [-0.4, -0.2) is 29.9 Å². The van der Waals surface area contributed by atoms with Gasteiger partial charge >= 0.3 is 0 Å². The number of benzene rings is 6. The summed E-state index contributed by atoms with van der Waals surface area (Å²) in [5, 5.41) is 19.1. The first kappa shape index (κ1) is 40.3. The van der Waals surface area contributed by atoms with Crippen LogP contribution in [0, 0.1) is 40.4 Å². The molecule has 12 nitrogen and oxygen atoms in total. The summed E-state index contributed by atoms with van der Waals surface area (Å²) in [4.78, 5) is 26.9. The maximum Gasteiger partial charge on any atom is 0.233 e. The lowest BCUT2D eigenvalue weighted by molar-refractivity contribution is 0.631. The SMILES string of the molecule is Cc1ccc(Nc2nc(Nc3cccc(C)c3)nc(Nc3cccc(C)c3)n2)cc1.Cc1cccc(Nc2nc(Nc3cccc(C)c3)nc(Nc3ccccc3F)n2)c1. The van der Waals surface area contributed by atoms with Crippen molar-refractivity contribution in [3.05, 3.63) is 179 Å². The molecule has 13 heteroatoms. The zero-order valence-electron chi connectivity index (χ0n) is 33.9. The molecule has 2 aromatic heterocycles. The first-order chi connectivity index (χ1) is 29.1. The summed E-state index contributed by atoms with van der Waals surface area (Å²) in [6.07, 6.45) is 0. The van der Waals surface area contributed by atoms with Crippen molar-refractivity contribution in [3.8, 4) is 0 Å². The average Bonchev–Trinajstić information content (AvgIpc) is 3.20. The minimum atomic E-state index is -0.390. The molecule has 0 atom stereocenters. The second kappa shape index (κ2) is 19.0. The molecule has 6 aromatic carbocycles. The van der Waals surface area contributed by atoms with E-state index in [1.165, 1.54) is 11.6 Å². The molecule has 2 heterocycles. The van der Waals surface area contributed by atoms with Crippen molar-refractivity contribution in [3.63, 3.8) is 0 Å². The van der Waals surface area contributed by atoms with Crippen LogP contribution in [0.15, 0.2) is 146 Å². The Hall–Kier alpha value is -7.93. The number of halogens is 1. The number of nitrogens with one attached hydrogen (secondary N) is 6. The fraction of sp³-hybridized carbons (Fsp3) is 0.106. The molecular weight excluding hydrogens is 752 g/mol. The number of rotatable bonds is 12. The number of nitrogens with zero attached hydrogens (tertiary/aromatic N) is 6. The van der Waals surface area contributed by atoms with Gasteiger partial charge in [-0.15, -0.1) is 0 Å². The van der Waals surface area contributed by atoms with Gasteiger partial charge in [0.1, 0.15) is 5.82 Å². The molecule has 0 unspecified atom stereocenters. The first-order valence-electron chi connectivity index (χ1n) is 19.3. The van der Waals surface area contributed by atoms with Crippen LogP contribution in [0.4, 0.5) is 74.2 Å². The Morgan fingerprint density at radius 3 is 0.950 bits per heavy atom. The largest absolute Gasteiger partial charge is 0.324 e. The monoisotopic (exact) mass is 796 g/mol. The van der Waals surface area contributed by atoms with Crippen molar-refractivity contribution in [2.24, 2.45) is 0 Å². The van der Waals surface area contributed by atoms with Gasteiger partial charge in [0.2, 0.25) is 35.7 Å². The fourth-order valence-electron chi connectivity index (χ4n) is 5.94. The van der Waals surface area contributed by atoms with E-state index >= 15 is 0 Å². The van der Waals surface area contributed by atoms with Gasteiger partial charge in [-0.2, -0.15) is 29.9 Å². The van der Waals surface area contributed by atoms with Crippen LogP contribution in [0.25, 0.3) is 0 Å². The Kier molecular flexibility index (Phi) is 12.8. The normalized spacial score (nSPS) is 10.5. The summed E-state index contributed by atoms with van der Waals surface area (Å²) < 4.78 is 14.1. The van der Waals surface area contributed by atoms with E-state index in [0.717, 1.165) is 50.7 Å². The molecule has 0 aliphatic rings. The summed E-state index contributed by atoms with van der Waals surface area (Å²) in [6, 6.07) is 46.3. The Labute approximate surface area is 348 Å². The number of aromatic nitrogens is 6. The molecule has 60 heavy (non-hydrogen) atoms. The second-order valence-electron chi connectivity index (χ2n) is 14.2. The first-order valence-corrected chi connectivity index (χ1v) is 19.3. The lowest BCUT2D eigenvalue weighted by Gasteiger charge is -2.12. The molecule has 0 radical (unpaired) electrons. The lowest BCUT2D eigenvalue weighted by atomic mass is 10.2. The van der Waals surface area contributed by atoms with Gasteiger partial charge in [-0.05, 0) is 130 Å². The van der Waals surface area contributed by atoms with Crippen molar-refractivity contribution < 1.29 is 4.39 Å². The topological polar surface area (TPSA) is 150 Å². The van der Waals surface area contributed by atoms with Crippen LogP contribution in [-0.2, 0) is 0 Å². The van der Waals surface area contributed by atoms with Crippen LogP contribution in [0.2, 0.25) is 0 Å². The zero-order valence-corrected chi connectivity index (χ0v) is 33.9. The van der Waals surface area contributed by atoms with Gasteiger partial charge in [-0.25, -0.2) is 4.39 Å². The van der Waals surface area contributed by atoms with Crippen LogP contribution in [0.3, 0.4) is 0 Å². The molecule has 8 aromatic rings. The number of para-hydroxylation sites is 1. The van der Waals surface area contributed by atoms with Crippen LogP contribution >= 0.6 is 0 Å². The zero-order chi connectivity index (χ0) is 41.8. The molecule has 6 N–H and O–H groups in total. The van der Waals surface area contributed by atoms with Crippen LogP contribution in [0.1, 0.15) is 27.8 Å². The summed E-state index contributed by atoms with van der Waals surface area (Å²) in [7, 11) is 0. The predicted molar refractivity (Wildman–Crippen MR) is 242 cm³/mol. The van der Waals surface area contributed by atoms with Gasteiger partial charge in [-0.1, -0.05) is 78.4 Å². The highest BCUT2D eigenvalue weighted by molar-refractivity contribution is 5.64. The van der Waals surface area contributed by atoms with Gasteiger partial charge in [0.15, 0.2) is 0 Å². The molecule has 0 spiro atoms. The summed E-state index contributed by atoms with van der Waals surface area (Å²) in [5.74, 6) is 1.88. The maximum absolute atomic E-state index is 14.1. The van der Waals surface area contributed by atoms with Crippen molar-refractivity contribution in [2.75, 3.05) is 31.9 Å². The van der Waals surface area contributed by atoms with E-state index in [0.29, 0.717) is 29.7 Å². The van der Waals surface area contributed by atoms with Gasteiger partial charge in [0.25, 0.3) is 0 Å². The molecule has 8 rings (SSSR count). The highest BCUT2D eigenvalue weighted by Crippen LogP contribution is 2.25. The minimum Gasteiger partial charge on any atom is -0.324 e. The van der Waals surface area contributed by atoms with Gasteiger partial charge in [0, 0.05) is 28.4 Å². The summed E-state index contributed by atoms with van der Waals surface area (Å²) >= 11 is 0. The van der Waals surface area contributed by atoms with E-state index in [-0.39, 0.29) is 17.5 Å². The van der Waals surface area contributed by atoms with Gasteiger partial charge in [0.05, 0.1) is 5.69 Å². The smallest absolute Gasteiger partial charge is 0.233 e. The Morgan fingerprint density at radius 2 is 0.617 bits per heavy atom. The van der Waals surface area contributed by atoms with Crippen molar-refractivity contribution in [1.29, 1.82) is 0 Å². The third-order valence-electron chi connectivity index (χ3n) is 8.80. The Morgan fingerprint density at radius 1 is 0.300 bits per heavy atom. The van der Waals surface area contributed by atoms with Gasteiger partial charge in [-0.3, -0.25) is 0 Å². The van der Waals surface area contributed by atoms with Crippen molar-refractivity contribution in [2.45, 2.75) is 34.6 Å². The molecule has 0 saturated heterocycles. The lowest BCUT2D eigenvalue weighted by Crippen LogP contribution is -2.08. The third kappa shape index (κ3) is 11.8. The molecule has 0 aliphatic carbocycles. The molecule has 0 bridgehead atoms.